The molecule has 6 heteroatoms. The van der Waals surface area contributed by atoms with Gasteiger partial charge in [-0.05, 0) is 83.2 Å². The first-order valence-electron chi connectivity index (χ1n) is 10.3. The molecular weight excluding hydrogens is 364 g/mol. The number of hydrogen-bond acceptors (Lipinski definition) is 5. The summed E-state index contributed by atoms with van der Waals surface area (Å²) in [6, 6.07) is 9.31. The van der Waals surface area contributed by atoms with Gasteiger partial charge in [0.1, 0.15) is 11.4 Å². The summed E-state index contributed by atoms with van der Waals surface area (Å²) in [7, 11) is 0. The number of carbonyl (C=O) groups excluding carboxylic acids is 1. The first-order chi connectivity index (χ1) is 14.0. The third kappa shape index (κ3) is 6.59. The molecule has 0 radical (unpaired) electrons. The topological polar surface area (TPSA) is 76.1 Å². The Morgan fingerprint density at radius 1 is 1.17 bits per heavy atom. The zero-order chi connectivity index (χ0) is 20.6. The van der Waals surface area contributed by atoms with E-state index in [9.17, 15) is 4.79 Å². The molecule has 0 saturated carbocycles. The van der Waals surface area contributed by atoms with Gasteiger partial charge in [-0.15, -0.1) is 0 Å². The number of carbonyl (C=O) groups is 1. The summed E-state index contributed by atoms with van der Waals surface area (Å²) >= 11 is 0. The lowest BCUT2D eigenvalue weighted by molar-refractivity contribution is 0.0949. The number of rotatable bonds is 8. The van der Waals surface area contributed by atoms with Gasteiger partial charge in [0, 0.05) is 17.9 Å². The molecule has 2 aromatic rings. The highest BCUT2D eigenvalue weighted by Crippen LogP contribution is 2.20. The Labute approximate surface area is 172 Å². The minimum Gasteiger partial charge on any atom is -0.491 e. The van der Waals surface area contributed by atoms with E-state index in [-0.39, 0.29) is 12.0 Å². The van der Waals surface area contributed by atoms with Crippen LogP contribution < -0.4 is 15.4 Å². The van der Waals surface area contributed by atoms with Crippen LogP contribution in [0.2, 0.25) is 0 Å². The Morgan fingerprint density at radius 2 is 1.97 bits per heavy atom. The fourth-order valence-corrected chi connectivity index (χ4v) is 3.32. The van der Waals surface area contributed by atoms with Crippen LogP contribution in [-0.4, -0.2) is 28.5 Å². The number of ether oxygens (including phenoxy) is 1. The van der Waals surface area contributed by atoms with Gasteiger partial charge in [-0.3, -0.25) is 4.79 Å². The molecule has 1 aliphatic rings. The van der Waals surface area contributed by atoms with Crippen molar-refractivity contribution in [2.24, 2.45) is 0 Å². The van der Waals surface area contributed by atoms with Crippen molar-refractivity contribution >= 4 is 17.5 Å². The summed E-state index contributed by atoms with van der Waals surface area (Å²) in [6.45, 7) is 6.47. The highest BCUT2D eigenvalue weighted by molar-refractivity contribution is 5.92. The van der Waals surface area contributed by atoms with E-state index < -0.39 is 0 Å². The molecule has 1 heterocycles. The van der Waals surface area contributed by atoms with Crippen molar-refractivity contribution in [1.29, 1.82) is 0 Å². The molecule has 0 fully saturated rings. The summed E-state index contributed by atoms with van der Waals surface area (Å²) in [5, 5.41) is 6.14. The summed E-state index contributed by atoms with van der Waals surface area (Å²) < 4.78 is 5.65. The average Bonchev–Trinajstić information content (AvgIpc) is 2.69. The fraction of sp³-hybridized carbons (Fsp3) is 0.435. The van der Waals surface area contributed by atoms with Crippen LogP contribution in [0.3, 0.4) is 0 Å². The smallest absolute Gasteiger partial charge is 0.270 e. The number of amides is 1. The maximum absolute atomic E-state index is 12.5. The van der Waals surface area contributed by atoms with Crippen molar-refractivity contribution in [3.8, 4) is 5.75 Å². The maximum Gasteiger partial charge on any atom is 0.270 e. The monoisotopic (exact) mass is 394 g/mol. The van der Waals surface area contributed by atoms with Crippen LogP contribution in [-0.2, 0) is 0 Å². The second-order valence-corrected chi connectivity index (χ2v) is 7.65. The Kier molecular flexibility index (Phi) is 7.22. The zero-order valence-electron chi connectivity index (χ0n) is 17.5. The van der Waals surface area contributed by atoms with E-state index in [0.29, 0.717) is 18.2 Å². The molecular formula is C23H30N4O2. The second kappa shape index (κ2) is 10.0. The van der Waals surface area contributed by atoms with E-state index >= 15 is 0 Å². The van der Waals surface area contributed by atoms with Crippen molar-refractivity contribution in [3.63, 3.8) is 0 Å². The lowest BCUT2D eigenvalue weighted by Gasteiger charge is -2.13. The van der Waals surface area contributed by atoms with E-state index in [1.165, 1.54) is 18.4 Å². The normalized spacial score (nSPS) is 13.7. The molecule has 1 aromatic heterocycles. The number of benzene rings is 1. The lowest BCUT2D eigenvalue weighted by atomic mass is 9.97. The molecule has 0 unspecified atom stereocenters. The largest absolute Gasteiger partial charge is 0.491 e. The first kappa shape index (κ1) is 20.8. The highest BCUT2D eigenvalue weighted by Gasteiger charge is 2.11. The minimum absolute atomic E-state index is 0.129. The van der Waals surface area contributed by atoms with Crippen LogP contribution in [0.1, 0.15) is 62.1 Å². The second-order valence-electron chi connectivity index (χ2n) is 7.65. The van der Waals surface area contributed by atoms with E-state index in [4.69, 9.17) is 4.74 Å². The van der Waals surface area contributed by atoms with Crippen LogP contribution in [0.4, 0.5) is 11.6 Å². The third-order valence-electron chi connectivity index (χ3n) is 4.69. The Morgan fingerprint density at radius 3 is 2.66 bits per heavy atom. The molecule has 3 rings (SSSR count). The Balaban J connectivity index is 1.59. The summed E-state index contributed by atoms with van der Waals surface area (Å²) in [5.41, 5.74) is 3.39. The van der Waals surface area contributed by atoms with E-state index in [1.54, 1.807) is 6.07 Å². The molecule has 0 bridgehead atoms. The minimum atomic E-state index is -0.171. The number of nitrogens with one attached hydrogen (secondary N) is 2. The first-order valence-corrected chi connectivity index (χ1v) is 10.3. The predicted molar refractivity (Wildman–Crippen MR) is 116 cm³/mol. The number of allylic oxidation sites excluding steroid dienone is 1. The zero-order valence-corrected chi connectivity index (χ0v) is 17.5. The molecule has 29 heavy (non-hydrogen) atoms. The van der Waals surface area contributed by atoms with E-state index in [1.807, 2.05) is 45.0 Å². The quantitative estimate of drug-likeness (QED) is 0.621. The molecule has 1 aromatic carbocycles. The summed E-state index contributed by atoms with van der Waals surface area (Å²) in [4.78, 5) is 21.3. The van der Waals surface area contributed by atoms with Gasteiger partial charge in [0.05, 0.1) is 6.10 Å². The van der Waals surface area contributed by atoms with Gasteiger partial charge >= 0.3 is 0 Å². The van der Waals surface area contributed by atoms with Gasteiger partial charge in [-0.25, -0.2) is 9.97 Å². The molecule has 1 aliphatic carbocycles. The van der Waals surface area contributed by atoms with E-state index in [2.05, 4.69) is 26.7 Å². The van der Waals surface area contributed by atoms with Gasteiger partial charge < -0.3 is 15.4 Å². The van der Waals surface area contributed by atoms with E-state index in [0.717, 1.165) is 36.4 Å². The standard InChI is InChI=1S/C23H30N4O2/c1-16(2)29-20-11-9-19(10-12-20)26-23-25-17(3)15-21(27-23)22(28)24-14-13-18-7-5-4-6-8-18/h7,9-12,15-16H,4-6,8,13-14H2,1-3H3,(H,24,28)(H,25,26,27). The van der Waals surface area contributed by atoms with Crippen LogP contribution in [0.25, 0.3) is 0 Å². The molecule has 154 valence electrons. The molecule has 2 N–H and O–H groups in total. The average molecular weight is 395 g/mol. The molecule has 0 aliphatic heterocycles. The van der Waals surface area contributed by atoms with Crippen LogP contribution in [0.5, 0.6) is 5.75 Å². The Bertz CT molecular complexity index is 860. The molecule has 1 amide bonds. The number of hydrogen-bond donors (Lipinski definition) is 2. The number of aromatic nitrogens is 2. The van der Waals surface area contributed by atoms with Crippen molar-refractivity contribution in [3.05, 3.63) is 53.4 Å². The lowest BCUT2D eigenvalue weighted by Crippen LogP contribution is -2.26. The number of nitrogens with zero attached hydrogens (tertiary/aromatic N) is 2. The molecule has 0 atom stereocenters. The molecule has 0 saturated heterocycles. The van der Waals surface area contributed by atoms with Gasteiger partial charge in [-0.2, -0.15) is 0 Å². The maximum atomic E-state index is 12.5. The SMILES string of the molecule is Cc1cc(C(=O)NCCC2=CCCCC2)nc(Nc2ccc(OC(C)C)cc2)n1. The number of aryl methyl sites for hydroxylation is 1. The van der Waals surface area contributed by atoms with Gasteiger partial charge in [0.25, 0.3) is 5.91 Å². The van der Waals surface area contributed by atoms with Gasteiger partial charge in [-0.1, -0.05) is 11.6 Å². The van der Waals surface area contributed by atoms with Crippen molar-refractivity contribution in [2.45, 2.75) is 59.0 Å². The van der Waals surface area contributed by atoms with Crippen LogP contribution in [0, 0.1) is 6.92 Å². The van der Waals surface area contributed by atoms with Crippen molar-refractivity contribution in [1.82, 2.24) is 15.3 Å². The summed E-state index contributed by atoms with van der Waals surface area (Å²) in [6.07, 6.45) is 8.19. The van der Waals surface area contributed by atoms with Gasteiger partial charge in [0.2, 0.25) is 5.95 Å². The fourth-order valence-electron chi connectivity index (χ4n) is 3.32. The van der Waals surface area contributed by atoms with Crippen molar-refractivity contribution in [2.75, 3.05) is 11.9 Å². The van der Waals surface area contributed by atoms with Crippen LogP contribution >= 0.6 is 0 Å². The van der Waals surface area contributed by atoms with Crippen molar-refractivity contribution < 1.29 is 9.53 Å². The number of anilines is 2. The highest BCUT2D eigenvalue weighted by atomic mass is 16.5. The Hall–Kier alpha value is -2.89. The predicted octanol–water partition coefficient (Wildman–Crippen LogP) is 4.94. The molecule has 0 spiro atoms. The third-order valence-corrected chi connectivity index (χ3v) is 4.69. The summed E-state index contributed by atoms with van der Waals surface area (Å²) in [5.74, 6) is 1.04. The van der Waals surface area contributed by atoms with Crippen LogP contribution in [0.15, 0.2) is 42.0 Å². The van der Waals surface area contributed by atoms with Gasteiger partial charge in [0.15, 0.2) is 0 Å². The molecule has 6 nitrogen and oxygen atoms in total.